The van der Waals surface area contributed by atoms with Crippen LogP contribution in [0.4, 0.5) is 13.2 Å². The third-order valence-electron chi connectivity index (χ3n) is 1.78. The second-order valence-corrected chi connectivity index (χ2v) is 3.34. The molecule has 112 valence electrons. The van der Waals surface area contributed by atoms with E-state index in [0.717, 1.165) is 19.1 Å². The molecule has 1 rings (SSSR count). The number of guanidine groups is 1. The lowest BCUT2D eigenvalue weighted by Gasteiger charge is -2.01. The number of hydrogen-bond donors (Lipinski definition) is 4. The number of nitrogens with one attached hydrogen (secondary N) is 1. The van der Waals surface area contributed by atoms with Crippen LogP contribution in [0, 0.1) is 22.9 Å². The van der Waals surface area contributed by atoms with Gasteiger partial charge in [-0.25, -0.2) is 18.0 Å². The molecular weight excluding hydrogens is 299 g/mol. The molecule has 0 amide bonds. The molecule has 0 aromatic heterocycles. The molecule has 0 saturated carbocycles. The Morgan fingerprint density at radius 3 is 2.05 bits per heavy atom. The van der Waals surface area contributed by atoms with Crippen LogP contribution >= 0.6 is 12.4 Å². The van der Waals surface area contributed by atoms with Crippen molar-refractivity contribution >= 4 is 30.4 Å². The molecule has 0 radical (unpaired) electrons. The van der Waals surface area contributed by atoms with Crippen molar-refractivity contribution in [1.82, 2.24) is 0 Å². The van der Waals surface area contributed by atoms with Crippen molar-refractivity contribution in [3.8, 4) is 0 Å². The van der Waals surface area contributed by atoms with Crippen LogP contribution in [0.5, 0.6) is 0 Å². The van der Waals surface area contributed by atoms with Gasteiger partial charge < -0.3 is 16.6 Å². The third-order valence-corrected chi connectivity index (χ3v) is 1.78. The smallest absolute Gasteiger partial charge is 0.331 e. The molecule has 1 aromatic carbocycles. The van der Waals surface area contributed by atoms with Crippen molar-refractivity contribution in [3.05, 3.63) is 40.7 Å². The molecule has 5 nitrogen and oxygen atoms in total. The highest BCUT2D eigenvalue weighted by molar-refractivity contribution is 5.91. The molecule has 9 heteroatoms. The molecule has 20 heavy (non-hydrogen) atoms. The second kappa shape index (κ2) is 8.81. The Hall–Kier alpha value is -2.22. The average Bonchev–Trinajstić information content (AvgIpc) is 2.28. The van der Waals surface area contributed by atoms with Gasteiger partial charge in [-0.15, -0.1) is 12.4 Å². The minimum atomic E-state index is -1.39. The van der Waals surface area contributed by atoms with Gasteiger partial charge in [0.15, 0.2) is 17.6 Å². The Labute approximate surface area is 119 Å². The fourth-order valence-corrected chi connectivity index (χ4v) is 0.953. The van der Waals surface area contributed by atoms with Crippen molar-refractivity contribution in [2.45, 2.75) is 6.92 Å². The van der Waals surface area contributed by atoms with Crippen LogP contribution in [0.2, 0.25) is 0 Å². The van der Waals surface area contributed by atoms with E-state index in [1.54, 1.807) is 0 Å². The maximum Gasteiger partial charge on any atom is 0.331 e. The Bertz CT molecular complexity index is 532. The molecule has 0 unspecified atom stereocenters. The van der Waals surface area contributed by atoms with Gasteiger partial charge in [0.05, 0.1) is 0 Å². The van der Waals surface area contributed by atoms with E-state index in [0.29, 0.717) is 6.07 Å². The first-order valence-corrected chi connectivity index (χ1v) is 4.81. The third kappa shape index (κ3) is 6.64. The Kier molecular flexibility index (Phi) is 8.85. The highest BCUT2D eigenvalue weighted by Crippen LogP contribution is 2.18. The van der Waals surface area contributed by atoms with Gasteiger partial charge in [0.25, 0.3) is 0 Å². The first kappa shape index (κ1) is 20.1. The van der Waals surface area contributed by atoms with Crippen molar-refractivity contribution in [2.24, 2.45) is 11.5 Å². The molecule has 0 spiro atoms. The van der Waals surface area contributed by atoms with Crippen molar-refractivity contribution in [2.75, 3.05) is 0 Å². The van der Waals surface area contributed by atoms with Crippen LogP contribution < -0.4 is 11.5 Å². The Balaban J connectivity index is 0. The van der Waals surface area contributed by atoms with Crippen LogP contribution in [0.1, 0.15) is 12.5 Å². The molecule has 1 aromatic rings. The summed E-state index contributed by atoms with van der Waals surface area (Å²) in [5.41, 5.74) is 7.98. The number of aliphatic carboxylic acids is 1. The summed E-state index contributed by atoms with van der Waals surface area (Å²) in [7, 11) is 0. The van der Waals surface area contributed by atoms with Crippen molar-refractivity contribution in [3.63, 3.8) is 0 Å². The minimum absolute atomic E-state index is 0. The lowest BCUT2D eigenvalue weighted by molar-refractivity contribution is -0.132. The predicted octanol–water partition coefficient (Wildman–Crippen LogP) is 1.85. The maximum absolute atomic E-state index is 13.0. The molecule has 0 atom stereocenters. The highest BCUT2D eigenvalue weighted by Gasteiger charge is 2.13. The van der Waals surface area contributed by atoms with E-state index in [1.165, 1.54) is 0 Å². The van der Waals surface area contributed by atoms with E-state index < -0.39 is 29.0 Å². The van der Waals surface area contributed by atoms with Gasteiger partial charge >= 0.3 is 5.97 Å². The van der Waals surface area contributed by atoms with E-state index in [2.05, 4.69) is 11.5 Å². The first-order chi connectivity index (χ1) is 8.66. The summed E-state index contributed by atoms with van der Waals surface area (Å²) in [4.78, 5) is 10.4. The zero-order valence-electron chi connectivity index (χ0n) is 10.3. The summed E-state index contributed by atoms with van der Waals surface area (Å²) >= 11 is 0. The monoisotopic (exact) mass is 311 g/mol. The summed E-state index contributed by atoms with van der Waals surface area (Å²) in [6, 6.07) is 1.37. The largest absolute Gasteiger partial charge is 0.478 e. The number of nitrogens with two attached hydrogens (primary N) is 2. The quantitative estimate of drug-likeness (QED) is 0.289. The molecular formula is C11H13ClF3N3O2. The molecule has 0 aliphatic rings. The number of hydrogen-bond acceptors (Lipinski definition) is 2. The standard InChI is InChI=1S/C10H7F3O2.CH5N3.ClH/c1-5(10(14)15)4-6-7(11)2-3-8(12)9(6)13;2-1(3)4;/h2-4H,1H3,(H,14,15);(H5,2,3,4);1H/b5-4+;;. The van der Waals surface area contributed by atoms with Crippen LogP contribution in [0.3, 0.4) is 0 Å². The zero-order chi connectivity index (χ0) is 15.2. The first-order valence-electron chi connectivity index (χ1n) is 4.81. The van der Waals surface area contributed by atoms with E-state index in [-0.39, 0.29) is 23.9 Å². The molecule has 0 aliphatic heterocycles. The summed E-state index contributed by atoms with van der Waals surface area (Å²) in [5.74, 6) is -5.27. The van der Waals surface area contributed by atoms with E-state index >= 15 is 0 Å². The lowest BCUT2D eigenvalue weighted by Crippen LogP contribution is -2.20. The lowest BCUT2D eigenvalue weighted by atomic mass is 10.1. The van der Waals surface area contributed by atoms with Crippen LogP contribution in [0.15, 0.2) is 17.7 Å². The van der Waals surface area contributed by atoms with Crippen molar-refractivity contribution < 1.29 is 23.1 Å². The fraction of sp³-hybridized carbons (Fsp3) is 0.0909. The normalized spacial score (nSPS) is 9.90. The van der Waals surface area contributed by atoms with Crippen LogP contribution in [-0.4, -0.2) is 17.0 Å². The van der Waals surface area contributed by atoms with Crippen LogP contribution in [-0.2, 0) is 4.79 Å². The van der Waals surface area contributed by atoms with E-state index in [9.17, 15) is 18.0 Å². The van der Waals surface area contributed by atoms with Gasteiger partial charge in [-0.3, -0.25) is 5.41 Å². The molecule has 0 heterocycles. The van der Waals surface area contributed by atoms with Gasteiger partial charge in [-0.05, 0) is 25.1 Å². The zero-order valence-corrected chi connectivity index (χ0v) is 11.1. The Morgan fingerprint density at radius 1 is 1.25 bits per heavy atom. The maximum atomic E-state index is 13.0. The molecule has 0 fully saturated rings. The number of carboxylic acid groups (broad SMARTS) is 1. The fourth-order valence-electron chi connectivity index (χ4n) is 0.953. The van der Waals surface area contributed by atoms with Gasteiger partial charge in [-0.1, -0.05) is 0 Å². The second-order valence-electron chi connectivity index (χ2n) is 3.34. The summed E-state index contributed by atoms with van der Waals surface area (Å²) in [5, 5.41) is 14.5. The van der Waals surface area contributed by atoms with Gasteiger partial charge in [0.2, 0.25) is 0 Å². The number of rotatable bonds is 2. The predicted molar refractivity (Wildman–Crippen MR) is 71.0 cm³/mol. The molecule has 0 bridgehead atoms. The summed E-state index contributed by atoms with van der Waals surface area (Å²) < 4.78 is 38.7. The highest BCUT2D eigenvalue weighted by atomic mass is 35.5. The number of carbonyl (C=O) groups is 1. The van der Waals surface area contributed by atoms with E-state index in [4.69, 9.17) is 10.5 Å². The van der Waals surface area contributed by atoms with Crippen molar-refractivity contribution in [1.29, 1.82) is 5.41 Å². The SMILES string of the molecule is C/C(=C\c1c(F)ccc(F)c1F)C(=O)O.Cl.N=C(N)N. The van der Waals surface area contributed by atoms with Crippen LogP contribution in [0.25, 0.3) is 6.08 Å². The number of halogens is 4. The molecule has 0 saturated heterocycles. The number of carboxylic acids is 1. The number of benzene rings is 1. The average molecular weight is 312 g/mol. The molecule has 0 aliphatic carbocycles. The summed E-state index contributed by atoms with van der Waals surface area (Å²) in [6.07, 6.45) is 0.746. The summed E-state index contributed by atoms with van der Waals surface area (Å²) in [6.45, 7) is 1.16. The van der Waals surface area contributed by atoms with E-state index in [1.807, 2.05) is 0 Å². The van der Waals surface area contributed by atoms with Gasteiger partial charge in [-0.2, -0.15) is 0 Å². The molecule has 6 N–H and O–H groups in total. The van der Waals surface area contributed by atoms with Gasteiger partial charge in [0, 0.05) is 11.1 Å². The Morgan fingerprint density at radius 2 is 1.65 bits per heavy atom. The minimum Gasteiger partial charge on any atom is -0.478 e. The topological polar surface area (TPSA) is 113 Å². The van der Waals surface area contributed by atoms with Gasteiger partial charge in [0.1, 0.15) is 5.82 Å².